The third-order valence-corrected chi connectivity index (χ3v) is 5.58. The normalized spacial score (nSPS) is 18.7. The number of carboxylic acids is 3. The Morgan fingerprint density at radius 2 is 1.06 bits per heavy atom. The number of aliphatic carboxylic acids is 3. The van der Waals surface area contributed by atoms with Crippen LogP contribution in [0.25, 0.3) is 0 Å². The van der Waals surface area contributed by atoms with Crippen LogP contribution in [0.2, 0.25) is 0 Å². The summed E-state index contributed by atoms with van der Waals surface area (Å²) in [6, 6.07) is -0.561. The summed E-state index contributed by atoms with van der Waals surface area (Å²) in [7, 11) is 0. The van der Waals surface area contributed by atoms with E-state index in [1.807, 2.05) is 4.90 Å². The fraction of sp³-hybridized carbons (Fsp3) is 0.762. The lowest BCUT2D eigenvalue weighted by Crippen LogP contribution is -2.49. The maximum Gasteiger partial charge on any atom is 0.317 e. The van der Waals surface area contributed by atoms with Gasteiger partial charge < -0.3 is 31.2 Å². The smallest absolute Gasteiger partial charge is 0.317 e. The zero-order chi connectivity index (χ0) is 26.2. The second kappa shape index (κ2) is 16.9. The van der Waals surface area contributed by atoms with Crippen molar-refractivity contribution >= 4 is 30.1 Å². The Labute approximate surface area is 204 Å². The summed E-state index contributed by atoms with van der Waals surface area (Å²) in [6.07, 6.45) is 1.67. The second-order valence-corrected chi connectivity index (χ2v) is 8.58. The van der Waals surface area contributed by atoms with E-state index in [9.17, 15) is 39.3 Å². The third kappa shape index (κ3) is 15.1. The number of hydrogen-bond donors (Lipinski definition) is 5. The van der Waals surface area contributed by atoms with Gasteiger partial charge >= 0.3 is 17.9 Å². The van der Waals surface area contributed by atoms with Gasteiger partial charge in [0.1, 0.15) is 6.29 Å². The highest BCUT2D eigenvalue weighted by Gasteiger charge is 2.21. The van der Waals surface area contributed by atoms with Gasteiger partial charge in [-0.25, -0.2) is 0 Å². The first-order valence-electron chi connectivity index (χ1n) is 11.6. The van der Waals surface area contributed by atoms with Gasteiger partial charge in [-0.1, -0.05) is 0 Å². The van der Waals surface area contributed by atoms with Crippen molar-refractivity contribution in [2.45, 2.75) is 18.9 Å². The van der Waals surface area contributed by atoms with Gasteiger partial charge in [0, 0.05) is 58.9 Å². The van der Waals surface area contributed by atoms with Gasteiger partial charge in [0.15, 0.2) is 0 Å². The highest BCUT2D eigenvalue weighted by atomic mass is 16.4. The molecule has 0 saturated carbocycles. The molecule has 14 nitrogen and oxygen atoms in total. The number of aldehydes is 1. The molecule has 0 unspecified atom stereocenters. The fourth-order valence-corrected chi connectivity index (χ4v) is 3.68. The molecule has 0 bridgehead atoms. The molecule has 0 radical (unpaired) electrons. The maximum atomic E-state index is 12.4. The van der Waals surface area contributed by atoms with Crippen molar-refractivity contribution in [3.05, 3.63) is 0 Å². The lowest BCUT2D eigenvalue weighted by atomic mass is 10.2. The SMILES string of the molecule is N[C@H](C=O)CCCNC(=O)CN1CCN(CC(=O)O)CCN(CC(=O)O)CCN(CC(=O)O)CC1. The molecule has 1 heterocycles. The molecule has 14 heteroatoms. The van der Waals surface area contributed by atoms with Crippen molar-refractivity contribution in [1.82, 2.24) is 24.9 Å². The molecule has 1 rings (SSSR count). The van der Waals surface area contributed by atoms with Crippen LogP contribution in [0.3, 0.4) is 0 Å². The molecular weight excluding hydrogens is 464 g/mol. The Bertz CT molecular complexity index is 677. The second-order valence-electron chi connectivity index (χ2n) is 8.58. The van der Waals surface area contributed by atoms with Gasteiger partial charge in [-0.15, -0.1) is 0 Å². The largest absolute Gasteiger partial charge is 0.480 e. The van der Waals surface area contributed by atoms with E-state index in [0.29, 0.717) is 78.0 Å². The van der Waals surface area contributed by atoms with Crippen molar-refractivity contribution in [2.24, 2.45) is 5.73 Å². The summed E-state index contributed by atoms with van der Waals surface area (Å²) in [5, 5.41) is 30.5. The molecule has 1 saturated heterocycles. The minimum atomic E-state index is -1.02. The van der Waals surface area contributed by atoms with Crippen LogP contribution in [0, 0.1) is 0 Å². The molecule has 1 fully saturated rings. The summed E-state index contributed by atoms with van der Waals surface area (Å²) in [5.41, 5.74) is 5.54. The van der Waals surface area contributed by atoms with Crippen molar-refractivity contribution in [2.75, 3.05) is 85.1 Å². The third-order valence-electron chi connectivity index (χ3n) is 5.58. The van der Waals surface area contributed by atoms with Gasteiger partial charge in [0.25, 0.3) is 0 Å². The number of nitrogens with zero attached hydrogens (tertiary/aromatic N) is 4. The van der Waals surface area contributed by atoms with Crippen LogP contribution in [0.1, 0.15) is 12.8 Å². The van der Waals surface area contributed by atoms with Crippen LogP contribution in [0.15, 0.2) is 0 Å². The number of nitrogens with one attached hydrogen (secondary N) is 1. The van der Waals surface area contributed by atoms with Crippen molar-refractivity contribution in [3.63, 3.8) is 0 Å². The predicted octanol–water partition coefficient (Wildman–Crippen LogP) is -3.12. The highest BCUT2D eigenvalue weighted by molar-refractivity contribution is 5.78. The Hall–Kier alpha value is -2.65. The van der Waals surface area contributed by atoms with Crippen LogP contribution in [-0.4, -0.2) is 156 Å². The van der Waals surface area contributed by atoms with E-state index >= 15 is 0 Å². The molecule has 1 atom stereocenters. The Morgan fingerprint density at radius 3 is 1.37 bits per heavy atom. The number of carboxylic acid groups (broad SMARTS) is 3. The van der Waals surface area contributed by atoms with Crippen molar-refractivity contribution < 1.29 is 39.3 Å². The number of carbonyl (C=O) groups excluding carboxylic acids is 2. The molecule has 0 spiro atoms. The van der Waals surface area contributed by atoms with Gasteiger partial charge in [-0.3, -0.25) is 38.8 Å². The summed E-state index contributed by atoms with van der Waals surface area (Å²) < 4.78 is 0. The molecule has 1 aliphatic heterocycles. The zero-order valence-electron chi connectivity index (χ0n) is 20.0. The van der Waals surface area contributed by atoms with Gasteiger partial charge in [0.05, 0.1) is 32.2 Å². The number of carbonyl (C=O) groups is 5. The van der Waals surface area contributed by atoms with E-state index < -0.39 is 23.9 Å². The van der Waals surface area contributed by atoms with Crippen molar-refractivity contribution in [3.8, 4) is 0 Å². The summed E-state index contributed by atoms with van der Waals surface area (Å²) in [5.74, 6) is -3.27. The Kier molecular flexibility index (Phi) is 14.7. The monoisotopic (exact) mass is 502 g/mol. The van der Waals surface area contributed by atoms with Crippen LogP contribution < -0.4 is 11.1 Å². The Balaban J connectivity index is 2.83. The quantitative estimate of drug-likeness (QED) is 0.125. The summed E-state index contributed by atoms with van der Waals surface area (Å²) >= 11 is 0. The summed E-state index contributed by atoms with van der Waals surface area (Å²) in [6.45, 7) is 2.42. The highest BCUT2D eigenvalue weighted by Crippen LogP contribution is 2.01. The standard InChI is InChI=1S/C21H38N6O8/c22-17(16-28)2-1-3-23-18(29)12-24-4-6-25(13-19(30)31)8-10-27(15-21(34)35)11-9-26(7-5-24)14-20(32)33/h16-17H,1-15,22H2,(H,23,29)(H,30,31)(H,32,33)(H,34,35)/t17-/m0/s1. The molecule has 0 aromatic carbocycles. The molecule has 1 amide bonds. The van der Waals surface area contributed by atoms with E-state index in [4.69, 9.17) is 5.73 Å². The molecule has 0 aromatic rings. The van der Waals surface area contributed by atoms with Crippen LogP contribution in [0.4, 0.5) is 0 Å². The van der Waals surface area contributed by atoms with Crippen LogP contribution in [-0.2, 0) is 24.0 Å². The van der Waals surface area contributed by atoms with Gasteiger partial charge in [-0.05, 0) is 12.8 Å². The first-order valence-corrected chi connectivity index (χ1v) is 11.6. The predicted molar refractivity (Wildman–Crippen MR) is 125 cm³/mol. The van der Waals surface area contributed by atoms with Crippen LogP contribution in [0.5, 0.6) is 0 Å². The molecule has 0 aliphatic carbocycles. The van der Waals surface area contributed by atoms with E-state index in [1.54, 1.807) is 14.7 Å². The molecule has 0 aromatic heterocycles. The van der Waals surface area contributed by atoms with Gasteiger partial charge in [0.2, 0.25) is 5.91 Å². The maximum absolute atomic E-state index is 12.4. The molecule has 200 valence electrons. The molecule has 35 heavy (non-hydrogen) atoms. The molecule has 1 aliphatic rings. The number of hydrogen-bond acceptors (Lipinski definition) is 10. The van der Waals surface area contributed by atoms with Gasteiger partial charge in [-0.2, -0.15) is 0 Å². The average molecular weight is 503 g/mol. The molecule has 6 N–H and O–H groups in total. The summed E-state index contributed by atoms with van der Waals surface area (Å²) in [4.78, 5) is 63.7. The van der Waals surface area contributed by atoms with E-state index in [-0.39, 0.29) is 32.1 Å². The van der Waals surface area contributed by atoms with Crippen molar-refractivity contribution in [1.29, 1.82) is 0 Å². The lowest BCUT2D eigenvalue weighted by Gasteiger charge is -2.32. The topological polar surface area (TPSA) is 197 Å². The number of amides is 1. The number of rotatable bonds is 13. The average Bonchev–Trinajstić information content (AvgIpc) is 2.77. The molecular formula is C21H38N6O8. The fourth-order valence-electron chi connectivity index (χ4n) is 3.68. The Morgan fingerprint density at radius 1 is 0.714 bits per heavy atom. The van der Waals surface area contributed by atoms with E-state index in [2.05, 4.69) is 5.32 Å². The first kappa shape index (κ1) is 30.4. The van der Waals surface area contributed by atoms with Crippen LogP contribution >= 0.6 is 0 Å². The lowest BCUT2D eigenvalue weighted by molar-refractivity contribution is -0.140. The zero-order valence-corrected chi connectivity index (χ0v) is 20.0. The number of nitrogens with two attached hydrogens (primary N) is 1. The minimum absolute atomic E-state index is 0.0483. The minimum Gasteiger partial charge on any atom is -0.480 e. The van der Waals surface area contributed by atoms with E-state index in [1.165, 1.54) is 0 Å². The van der Waals surface area contributed by atoms with E-state index in [0.717, 1.165) is 0 Å². The first-order chi connectivity index (χ1) is 16.6.